The van der Waals surface area contributed by atoms with Crippen molar-refractivity contribution in [3.8, 4) is 0 Å². The van der Waals surface area contributed by atoms with Crippen LogP contribution in [-0.2, 0) is 0 Å². The molecule has 2 rings (SSSR count). The zero-order valence-corrected chi connectivity index (χ0v) is 12.4. The number of thiazole rings is 1. The van der Waals surface area contributed by atoms with Crippen molar-refractivity contribution in [2.24, 2.45) is 0 Å². The number of hydrogen-bond acceptors (Lipinski definition) is 6. The summed E-state index contributed by atoms with van der Waals surface area (Å²) in [5.74, 6) is 0.156. The second-order valence-corrected chi connectivity index (χ2v) is 6.14. The third-order valence-electron chi connectivity index (χ3n) is 3.88. The Hall–Kier alpha value is -1.34. The van der Waals surface area contributed by atoms with Crippen molar-refractivity contribution in [2.45, 2.75) is 24.8 Å². The van der Waals surface area contributed by atoms with Gasteiger partial charge in [0.2, 0.25) is 0 Å². The lowest BCUT2D eigenvalue weighted by molar-refractivity contribution is 0.0559. The Morgan fingerprint density at radius 2 is 2.21 bits per heavy atom. The number of aromatic nitrogens is 1. The summed E-state index contributed by atoms with van der Waals surface area (Å²) in [4.78, 5) is 18.9. The van der Waals surface area contributed by atoms with Gasteiger partial charge in [0.15, 0.2) is 5.13 Å². The van der Waals surface area contributed by atoms with Gasteiger partial charge in [0.25, 0.3) is 5.91 Å². The molecule has 4 N–H and O–H groups in total. The number of likely N-dealkylation sites (N-methyl/N-ethyl adjacent to an activating group) is 1. The molecule has 1 aliphatic carbocycles. The fraction of sp³-hybridized carbons (Fsp3) is 0.667. The average Bonchev–Trinajstić information content (AvgIpc) is 2.68. The molecule has 0 aromatic carbocycles. The van der Waals surface area contributed by atoms with Crippen molar-refractivity contribution in [1.29, 1.82) is 0 Å². The first kappa shape index (κ1) is 14.1. The molecule has 0 radical (unpaired) electrons. The smallest absolute Gasteiger partial charge is 0.265 e. The second kappa shape index (κ2) is 5.34. The van der Waals surface area contributed by atoms with E-state index < -0.39 is 0 Å². The van der Waals surface area contributed by atoms with E-state index in [1.165, 1.54) is 17.8 Å². The van der Waals surface area contributed by atoms with E-state index >= 15 is 0 Å². The van der Waals surface area contributed by atoms with Crippen molar-refractivity contribution in [1.82, 2.24) is 15.2 Å². The van der Waals surface area contributed by atoms with E-state index in [0.717, 1.165) is 12.8 Å². The Labute approximate surface area is 117 Å². The molecular weight excluding hydrogens is 262 g/mol. The zero-order chi connectivity index (χ0) is 14.0. The number of rotatable bonds is 5. The van der Waals surface area contributed by atoms with Crippen molar-refractivity contribution in [2.75, 3.05) is 38.7 Å². The van der Waals surface area contributed by atoms with Crippen LogP contribution in [0.5, 0.6) is 0 Å². The molecule has 106 valence electrons. The lowest BCUT2D eigenvalue weighted by Crippen LogP contribution is -2.57. The molecule has 0 aliphatic heterocycles. The number of nitrogen functional groups attached to an aromatic ring is 1. The highest BCUT2D eigenvalue weighted by molar-refractivity contribution is 7.18. The first-order valence-corrected chi connectivity index (χ1v) is 7.20. The summed E-state index contributed by atoms with van der Waals surface area (Å²) in [5, 5.41) is 6.54. The summed E-state index contributed by atoms with van der Waals surface area (Å²) in [7, 11) is 5.88. The molecule has 0 bridgehead atoms. The van der Waals surface area contributed by atoms with Gasteiger partial charge in [-0.25, -0.2) is 4.98 Å². The molecule has 1 heterocycles. The van der Waals surface area contributed by atoms with Crippen molar-refractivity contribution in [3.05, 3.63) is 4.88 Å². The number of nitrogens with zero attached hydrogens (tertiary/aromatic N) is 2. The fourth-order valence-corrected chi connectivity index (χ4v) is 3.05. The Morgan fingerprint density at radius 3 is 2.63 bits per heavy atom. The van der Waals surface area contributed by atoms with E-state index in [-0.39, 0.29) is 11.4 Å². The average molecular weight is 283 g/mol. The van der Waals surface area contributed by atoms with Crippen LogP contribution in [0.3, 0.4) is 0 Å². The third kappa shape index (κ3) is 2.66. The largest absolute Gasteiger partial charge is 0.382 e. The van der Waals surface area contributed by atoms with Crippen LogP contribution >= 0.6 is 11.3 Å². The molecule has 0 saturated heterocycles. The lowest BCUT2D eigenvalue weighted by Gasteiger charge is -2.47. The standard InChI is InChI=1S/C12H21N5OS/c1-14-11-16-9(13)8(19-11)10(18)15-7-12(17(2)3)5-4-6-12/h4-7,13H2,1-3H3,(H,14,16)(H,15,18). The molecule has 1 aliphatic rings. The van der Waals surface area contributed by atoms with E-state index in [1.807, 2.05) is 0 Å². The maximum Gasteiger partial charge on any atom is 0.265 e. The zero-order valence-electron chi connectivity index (χ0n) is 11.6. The fourth-order valence-electron chi connectivity index (χ4n) is 2.29. The van der Waals surface area contributed by atoms with Gasteiger partial charge in [-0.15, -0.1) is 0 Å². The molecule has 0 spiro atoms. The molecule has 1 aromatic rings. The van der Waals surface area contributed by atoms with Gasteiger partial charge >= 0.3 is 0 Å². The Balaban J connectivity index is 1.99. The molecule has 19 heavy (non-hydrogen) atoms. The van der Waals surface area contributed by atoms with E-state index in [1.54, 1.807) is 7.05 Å². The second-order valence-electron chi connectivity index (χ2n) is 5.14. The van der Waals surface area contributed by atoms with Crippen molar-refractivity contribution in [3.63, 3.8) is 0 Å². The van der Waals surface area contributed by atoms with Gasteiger partial charge in [0.05, 0.1) is 0 Å². The highest BCUT2D eigenvalue weighted by Gasteiger charge is 2.39. The molecule has 1 amide bonds. The van der Waals surface area contributed by atoms with Gasteiger partial charge in [-0.2, -0.15) is 0 Å². The van der Waals surface area contributed by atoms with Gasteiger partial charge in [-0.1, -0.05) is 11.3 Å². The minimum Gasteiger partial charge on any atom is -0.382 e. The number of anilines is 2. The van der Waals surface area contributed by atoms with Crippen molar-refractivity contribution < 1.29 is 4.79 Å². The minimum absolute atomic E-state index is 0.112. The lowest BCUT2D eigenvalue weighted by atomic mass is 9.75. The maximum atomic E-state index is 12.1. The molecular formula is C12H21N5OS. The van der Waals surface area contributed by atoms with Crippen LogP contribution in [0.2, 0.25) is 0 Å². The topological polar surface area (TPSA) is 83.3 Å². The summed E-state index contributed by atoms with van der Waals surface area (Å²) >= 11 is 1.28. The number of amides is 1. The van der Waals surface area contributed by atoms with Crippen LogP contribution in [0.4, 0.5) is 10.9 Å². The molecule has 7 heteroatoms. The number of carbonyl (C=O) groups is 1. The number of nitrogens with one attached hydrogen (secondary N) is 2. The summed E-state index contributed by atoms with van der Waals surface area (Å²) in [6.07, 6.45) is 3.47. The Morgan fingerprint density at radius 1 is 1.53 bits per heavy atom. The van der Waals surface area contributed by atoms with Gasteiger partial charge < -0.3 is 21.3 Å². The molecule has 1 aromatic heterocycles. The summed E-state index contributed by atoms with van der Waals surface area (Å²) in [6.45, 7) is 0.658. The number of hydrogen-bond donors (Lipinski definition) is 3. The summed E-state index contributed by atoms with van der Waals surface area (Å²) in [5.41, 5.74) is 5.86. The first-order chi connectivity index (χ1) is 8.98. The molecule has 1 fully saturated rings. The molecule has 6 nitrogen and oxygen atoms in total. The van der Waals surface area contributed by atoms with Gasteiger partial charge in [-0.05, 0) is 33.4 Å². The predicted octanol–water partition coefficient (Wildman–Crippen LogP) is 0.981. The van der Waals surface area contributed by atoms with Crippen molar-refractivity contribution >= 4 is 28.2 Å². The number of nitrogens with two attached hydrogens (primary N) is 1. The normalized spacial score (nSPS) is 17.1. The van der Waals surface area contributed by atoms with E-state index in [4.69, 9.17) is 5.73 Å². The predicted molar refractivity (Wildman–Crippen MR) is 78.7 cm³/mol. The van der Waals surface area contributed by atoms with Gasteiger partial charge in [0.1, 0.15) is 10.7 Å². The van der Waals surface area contributed by atoms with E-state index in [9.17, 15) is 4.79 Å². The summed E-state index contributed by atoms with van der Waals surface area (Å²) in [6, 6.07) is 0. The first-order valence-electron chi connectivity index (χ1n) is 6.38. The highest BCUT2D eigenvalue weighted by atomic mass is 32.1. The van der Waals surface area contributed by atoms with Gasteiger partial charge in [-0.3, -0.25) is 4.79 Å². The molecule has 0 unspecified atom stereocenters. The van der Waals surface area contributed by atoms with Crippen LogP contribution in [0.25, 0.3) is 0 Å². The van der Waals surface area contributed by atoms with Crippen LogP contribution in [0.1, 0.15) is 28.9 Å². The molecule has 1 saturated carbocycles. The molecule has 0 atom stereocenters. The highest BCUT2D eigenvalue weighted by Crippen LogP contribution is 2.35. The summed E-state index contributed by atoms with van der Waals surface area (Å²) < 4.78 is 0. The Kier molecular flexibility index (Phi) is 3.96. The third-order valence-corrected chi connectivity index (χ3v) is 4.97. The van der Waals surface area contributed by atoms with Crippen LogP contribution < -0.4 is 16.4 Å². The quantitative estimate of drug-likeness (QED) is 0.750. The maximum absolute atomic E-state index is 12.1. The van der Waals surface area contributed by atoms with Crippen LogP contribution in [0, 0.1) is 0 Å². The van der Waals surface area contributed by atoms with Crippen LogP contribution in [-0.4, -0.2) is 49.0 Å². The van der Waals surface area contributed by atoms with Gasteiger partial charge in [0, 0.05) is 19.1 Å². The Bertz CT molecular complexity index is 467. The monoisotopic (exact) mass is 283 g/mol. The van der Waals surface area contributed by atoms with E-state index in [2.05, 4.69) is 34.6 Å². The SMILES string of the molecule is CNc1nc(N)c(C(=O)NCC2(N(C)C)CCC2)s1. The van der Waals surface area contributed by atoms with Crippen LogP contribution in [0.15, 0.2) is 0 Å². The number of carbonyl (C=O) groups excluding carboxylic acids is 1. The minimum atomic E-state index is -0.135. The van der Waals surface area contributed by atoms with E-state index in [0.29, 0.717) is 22.4 Å².